The fourth-order valence-electron chi connectivity index (χ4n) is 1.46. The van der Waals surface area contributed by atoms with Gasteiger partial charge in [-0.25, -0.2) is 0 Å². The molecule has 0 radical (unpaired) electrons. The summed E-state index contributed by atoms with van der Waals surface area (Å²) in [7, 11) is 1.60. The van der Waals surface area contributed by atoms with Crippen LogP contribution in [0.3, 0.4) is 0 Å². The van der Waals surface area contributed by atoms with E-state index < -0.39 is 12.6 Å². The van der Waals surface area contributed by atoms with Crippen LogP contribution in [0.4, 0.5) is 18.9 Å². The third kappa shape index (κ3) is 6.16. The van der Waals surface area contributed by atoms with Crippen LogP contribution in [-0.2, 0) is 11.3 Å². The van der Waals surface area contributed by atoms with E-state index in [2.05, 4.69) is 5.32 Å². The lowest BCUT2D eigenvalue weighted by Crippen LogP contribution is -2.11. The molecule has 96 valence electrons. The highest BCUT2D eigenvalue weighted by molar-refractivity contribution is 5.45. The smallest absolute Gasteiger partial charge is 0.385 e. The normalized spacial score (nSPS) is 11.5. The van der Waals surface area contributed by atoms with Gasteiger partial charge in [0.05, 0.1) is 6.61 Å². The largest absolute Gasteiger partial charge is 0.389 e. The molecule has 5 heteroatoms. The molecule has 0 fully saturated rings. The van der Waals surface area contributed by atoms with Crippen LogP contribution in [0.5, 0.6) is 0 Å². The van der Waals surface area contributed by atoms with Crippen molar-refractivity contribution in [3.63, 3.8) is 0 Å². The summed E-state index contributed by atoms with van der Waals surface area (Å²) in [5, 5.41) is 2.96. The number of ether oxygens (including phenoxy) is 1. The van der Waals surface area contributed by atoms with Gasteiger partial charge in [0.1, 0.15) is 0 Å². The van der Waals surface area contributed by atoms with Crippen molar-refractivity contribution in [1.82, 2.24) is 0 Å². The number of nitrogens with one attached hydrogen (secondary N) is 1. The summed E-state index contributed by atoms with van der Waals surface area (Å²) in [5.74, 6) is 0. The van der Waals surface area contributed by atoms with Crippen molar-refractivity contribution in [1.29, 1.82) is 0 Å². The fourth-order valence-corrected chi connectivity index (χ4v) is 1.46. The van der Waals surface area contributed by atoms with E-state index in [4.69, 9.17) is 4.74 Å². The number of rotatable bonds is 6. The van der Waals surface area contributed by atoms with Crippen LogP contribution >= 0.6 is 0 Å². The minimum atomic E-state index is -4.07. The Morgan fingerprint density at radius 3 is 2.71 bits per heavy atom. The van der Waals surface area contributed by atoms with E-state index >= 15 is 0 Å². The van der Waals surface area contributed by atoms with Crippen LogP contribution in [0, 0.1) is 0 Å². The van der Waals surface area contributed by atoms with Crippen molar-refractivity contribution in [2.24, 2.45) is 0 Å². The van der Waals surface area contributed by atoms with Gasteiger partial charge in [0.25, 0.3) is 0 Å². The van der Waals surface area contributed by atoms with Crippen LogP contribution < -0.4 is 5.32 Å². The average Bonchev–Trinajstić information content (AvgIpc) is 2.24. The number of benzene rings is 1. The van der Waals surface area contributed by atoms with Gasteiger partial charge in [-0.3, -0.25) is 0 Å². The molecule has 0 saturated heterocycles. The van der Waals surface area contributed by atoms with Crippen molar-refractivity contribution in [2.45, 2.75) is 25.6 Å². The third-order valence-electron chi connectivity index (χ3n) is 2.20. The maximum atomic E-state index is 11.9. The zero-order valence-corrected chi connectivity index (χ0v) is 9.68. The van der Waals surface area contributed by atoms with Gasteiger partial charge < -0.3 is 10.1 Å². The van der Waals surface area contributed by atoms with E-state index in [0.717, 1.165) is 11.3 Å². The molecule has 0 heterocycles. The van der Waals surface area contributed by atoms with Crippen LogP contribution in [0.2, 0.25) is 0 Å². The molecule has 0 saturated carbocycles. The van der Waals surface area contributed by atoms with Crippen molar-refractivity contribution < 1.29 is 17.9 Å². The number of methoxy groups -OCH3 is 1. The highest BCUT2D eigenvalue weighted by atomic mass is 19.4. The second-order valence-electron chi connectivity index (χ2n) is 3.78. The van der Waals surface area contributed by atoms with E-state index in [-0.39, 0.29) is 6.42 Å². The van der Waals surface area contributed by atoms with Crippen molar-refractivity contribution in [3.05, 3.63) is 29.8 Å². The standard InChI is InChI=1S/C12H16F3NO/c1-17-9-10-4-2-5-11(8-10)16-7-3-6-12(13,14)15/h2,4-5,8,16H,3,6-7,9H2,1H3. The van der Waals surface area contributed by atoms with E-state index in [1.807, 2.05) is 24.3 Å². The summed E-state index contributed by atoms with van der Waals surface area (Å²) >= 11 is 0. The monoisotopic (exact) mass is 247 g/mol. The SMILES string of the molecule is COCc1cccc(NCCCC(F)(F)F)c1. The average molecular weight is 247 g/mol. The van der Waals surface area contributed by atoms with Crippen LogP contribution in [0.25, 0.3) is 0 Å². The van der Waals surface area contributed by atoms with Crippen LogP contribution in [0.1, 0.15) is 18.4 Å². The molecule has 1 N–H and O–H groups in total. The first kappa shape index (κ1) is 13.8. The fraction of sp³-hybridized carbons (Fsp3) is 0.500. The summed E-state index contributed by atoms with van der Waals surface area (Å²) in [5.41, 5.74) is 1.81. The second-order valence-corrected chi connectivity index (χ2v) is 3.78. The first-order chi connectivity index (χ1) is 8.01. The maximum absolute atomic E-state index is 11.9. The molecule has 2 nitrogen and oxygen atoms in total. The predicted molar refractivity (Wildman–Crippen MR) is 60.9 cm³/mol. The van der Waals surface area contributed by atoms with Crippen molar-refractivity contribution in [2.75, 3.05) is 19.0 Å². The summed E-state index contributed by atoms with van der Waals surface area (Å²) < 4.78 is 40.7. The Kier molecular flexibility index (Phi) is 5.28. The molecule has 1 aromatic rings. The Morgan fingerprint density at radius 2 is 2.06 bits per heavy atom. The van der Waals surface area contributed by atoms with Gasteiger partial charge >= 0.3 is 6.18 Å². The minimum Gasteiger partial charge on any atom is -0.385 e. The molecule has 0 spiro atoms. The lowest BCUT2D eigenvalue weighted by atomic mass is 10.2. The van der Waals surface area contributed by atoms with Gasteiger partial charge in [0.2, 0.25) is 0 Å². The molecule has 0 unspecified atom stereocenters. The Labute approximate surface area is 98.8 Å². The molecule has 0 aliphatic heterocycles. The first-order valence-corrected chi connectivity index (χ1v) is 5.40. The summed E-state index contributed by atoms with van der Waals surface area (Å²) in [6, 6.07) is 7.45. The molecule has 0 atom stereocenters. The van der Waals surface area contributed by atoms with Gasteiger partial charge in [-0.05, 0) is 24.1 Å². The van der Waals surface area contributed by atoms with Gasteiger partial charge in [-0.2, -0.15) is 13.2 Å². The van der Waals surface area contributed by atoms with Crippen molar-refractivity contribution >= 4 is 5.69 Å². The van der Waals surface area contributed by atoms with Gasteiger partial charge in [0, 0.05) is 25.8 Å². The minimum absolute atomic E-state index is 0.0814. The Morgan fingerprint density at radius 1 is 1.29 bits per heavy atom. The predicted octanol–water partition coefficient (Wildman–Crippen LogP) is 3.59. The van der Waals surface area contributed by atoms with E-state index in [1.54, 1.807) is 7.11 Å². The molecule has 0 aliphatic rings. The molecular weight excluding hydrogens is 231 g/mol. The maximum Gasteiger partial charge on any atom is 0.389 e. The Bertz CT molecular complexity index is 339. The highest BCUT2D eigenvalue weighted by Gasteiger charge is 2.25. The zero-order valence-electron chi connectivity index (χ0n) is 9.68. The summed E-state index contributed by atoms with van der Waals surface area (Å²) in [6.07, 6.45) is -4.74. The van der Waals surface area contributed by atoms with Gasteiger partial charge in [-0.1, -0.05) is 12.1 Å². The molecular formula is C12H16F3NO. The highest BCUT2D eigenvalue weighted by Crippen LogP contribution is 2.21. The third-order valence-corrected chi connectivity index (χ3v) is 2.20. The lowest BCUT2D eigenvalue weighted by molar-refractivity contribution is -0.134. The van der Waals surface area contributed by atoms with Gasteiger partial charge in [-0.15, -0.1) is 0 Å². The molecule has 1 rings (SSSR count). The molecule has 0 bridgehead atoms. The van der Waals surface area contributed by atoms with Crippen LogP contribution in [0.15, 0.2) is 24.3 Å². The number of hydrogen-bond donors (Lipinski definition) is 1. The second kappa shape index (κ2) is 6.49. The molecule has 0 aromatic heterocycles. The number of alkyl halides is 3. The van der Waals surface area contributed by atoms with E-state index in [1.165, 1.54) is 0 Å². The van der Waals surface area contributed by atoms with Crippen LogP contribution in [-0.4, -0.2) is 19.8 Å². The van der Waals surface area contributed by atoms with E-state index in [9.17, 15) is 13.2 Å². The summed E-state index contributed by atoms with van der Waals surface area (Å²) in [4.78, 5) is 0. The molecule has 0 amide bonds. The Hall–Kier alpha value is -1.23. The first-order valence-electron chi connectivity index (χ1n) is 5.40. The van der Waals surface area contributed by atoms with E-state index in [0.29, 0.717) is 13.2 Å². The number of halogens is 3. The topological polar surface area (TPSA) is 21.3 Å². The Balaban J connectivity index is 2.34. The number of hydrogen-bond acceptors (Lipinski definition) is 2. The lowest BCUT2D eigenvalue weighted by Gasteiger charge is -2.09. The van der Waals surface area contributed by atoms with Gasteiger partial charge in [0.15, 0.2) is 0 Å². The zero-order chi connectivity index (χ0) is 12.7. The molecule has 0 aliphatic carbocycles. The molecule has 17 heavy (non-hydrogen) atoms. The summed E-state index contributed by atoms with van der Waals surface area (Å²) in [6.45, 7) is 0.814. The quantitative estimate of drug-likeness (QED) is 0.776. The van der Waals surface area contributed by atoms with Crippen molar-refractivity contribution in [3.8, 4) is 0 Å². The number of anilines is 1. The molecule has 1 aromatic carbocycles.